The second-order valence-corrected chi connectivity index (χ2v) is 4.81. The van der Waals surface area contributed by atoms with Gasteiger partial charge in [0.15, 0.2) is 0 Å². The van der Waals surface area contributed by atoms with E-state index in [1.54, 1.807) is 6.07 Å². The van der Waals surface area contributed by atoms with Gasteiger partial charge in [0.05, 0.1) is 10.7 Å². The molecule has 94 valence electrons. The minimum Gasteiger partial charge on any atom is -0.377 e. The van der Waals surface area contributed by atoms with Crippen molar-refractivity contribution in [2.75, 3.05) is 5.32 Å². The molecule has 0 aliphatic heterocycles. The molecule has 0 aliphatic carbocycles. The quantitative estimate of drug-likeness (QED) is 0.825. The SMILES string of the molecule is Cc1cccc(C(C)Nc2cc(F)ccc2Cl)c1. The Bertz CT molecular complexity index is 554. The zero-order valence-electron chi connectivity index (χ0n) is 10.4. The fourth-order valence-electron chi connectivity index (χ4n) is 1.86. The van der Waals surface area contributed by atoms with Crippen molar-refractivity contribution in [3.05, 3.63) is 64.4 Å². The summed E-state index contributed by atoms with van der Waals surface area (Å²) in [5.74, 6) is -0.293. The summed E-state index contributed by atoms with van der Waals surface area (Å²) in [5, 5.41) is 3.75. The van der Waals surface area contributed by atoms with Gasteiger partial charge < -0.3 is 5.32 Å². The highest BCUT2D eigenvalue weighted by Crippen LogP contribution is 2.27. The molecule has 1 nitrogen and oxygen atoms in total. The van der Waals surface area contributed by atoms with Gasteiger partial charge in [-0.25, -0.2) is 4.39 Å². The average Bonchev–Trinajstić information content (AvgIpc) is 2.34. The second kappa shape index (κ2) is 5.40. The smallest absolute Gasteiger partial charge is 0.125 e. The molecule has 1 N–H and O–H groups in total. The van der Waals surface area contributed by atoms with E-state index < -0.39 is 0 Å². The Kier molecular flexibility index (Phi) is 3.87. The third kappa shape index (κ3) is 3.02. The molecule has 0 heterocycles. The highest BCUT2D eigenvalue weighted by molar-refractivity contribution is 6.33. The lowest BCUT2D eigenvalue weighted by Crippen LogP contribution is -2.07. The van der Waals surface area contributed by atoms with Crippen molar-refractivity contribution in [3.63, 3.8) is 0 Å². The molecule has 0 aromatic heterocycles. The van der Waals surface area contributed by atoms with Gasteiger partial charge >= 0.3 is 0 Å². The van der Waals surface area contributed by atoms with Crippen LogP contribution in [0.2, 0.25) is 5.02 Å². The van der Waals surface area contributed by atoms with E-state index >= 15 is 0 Å². The van der Waals surface area contributed by atoms with Gasteiger partial charge in [0.1, 0.15) is 5.82 Å². The van der Waals surface area contributed by atoms with Gasteiger partial charge in [-0.15, -0.1) is 0 Å². The normalized spacial score (nSPS) is 12.2. The lowest BCUT2D eigenvalue weighted by atomic mass is 10.1. The molecule has 0 bridgehead atoms. The summed E-state index contributed by atoms with van der Waals surface area (Å²) in [4.78, 5) is 0. The molecule has 0 radical (unpaired) electrons. The molecule has 2 aromatic rings. The summed E-state index contributed by atoms with van der Waals surface area (Å²) in [5.41, 5.74) is 2.97. The van der Waals surface area contributed by atoms with Crippen LogP contribution in [0.15, 0.2) is 42.5 Å². The molecular formula is C15H15ClFN. The lowest BCUT2D eigenvalue weighted by Gasteiger charge is -2.17. The predicted molar refractivity (Wildman–Crippen MR) is 74.6 cm³/mol. The molecule has 3 heteroatoms. The number of rotatable bonds is 3. The molecule has 0 spiro atoms. The van der Waals surface area contributed by atoms with Gasteiger partial charge in [-0.05, 0) is 37.6 Å². The highest BCUT2D eigenvalue weighted by Gasteiger charge is 2.08. The van der Waals surface area contributed by atoms with Gasteiger partial charge in [0, 0.05) is 6.04 Å². The van der Waals surface area contributed by atoms with Crippen LogP contribution >= 0.6 is 11.6 Å². The van der Waals surface area contributed by atoms with E-state index in [0.29, 0.717) is 10.7 Å². The Morgan fingerprint density at radius 1 is 1.17 bits per heavy atom. The van der Waals surface area contributed by atoms with Crippen molar-refractivity contribution >= 4 is 17.3 Å². The number of anilines is 1. The maximum atomic E-state index is 13.2. The van der Waals surface area contributed by atoms with Crippen LogP contribution in [0.5, 0.6) is 0 Å². The van der Waals surface area contributed by atoms with Crippen molar-refractivity contribution < 1.29 is 4.39 Å². The summed E-state index contributed by atoms with van der Waals surface area (Å²) in [6, 6.07) is 12.6. The summed E-state index contributed by atoms with van der Waals surface area (Å²) in [6.07, 6.45) is 0. The molecule has 2 aromatic carbocycles. The highest BCUT2D eigenvalue weighted by atomic mass is 35.5. The van der Waals surface area contributed by atoms with Crippen molar-refractivity contribution in [2.45, 2.75) is 19.9 Å². The van der Waals surface area contributed by atoms with Crippen LogP contribution in [0.4, 0.5) is 10.1 Å². The van der Waals surface area contributed by atoms with Crippen molar-refractivity contribution in [1.82, 2.24) is 0 Å². The zero-order chi connectivity index (χ0) is 13.1. The van der Waals surface area contributed by atoms with Crippen LogP contribution in [0, 0.1) is 12.7 Å². The Hall–Kier alpha value is -1.54. The van der Waals surface area contributed by atoms with Gasteiger partial charge in [-0.3, -0.25) is 0 Å². The third-order valence-corrected chi connectivity index (χ3v) is 3.17. The van der Waals surface area contributed by atoms with Crippen LogP contribution in [0.25, 0.3) is 0 Å². The number of hydrogen-bond donors (Lipinski definition) is 1. The Balaban J connectivity index is 2.21. The molecule has 1 unspecified atom stereocenters. The van der Waals surface area contributed by atoms with E-state index in [1.165, 1.54) is 17.7 Å². The monoisotopic (exact) mass is 263 g/mol. The topological polar surface area (TPSA) is 12.0 Å². The van der Waals surface area contributed by atoms with E-state index in [4.69, 9.17) is 11.6 Å². The van der Waals surface area contributed by atoms with Crippen LogP contribution in [-0.4, -0.2) is 0 Å². The molecule has 0 fully saturated rings. The van der Waals surface area contributed by atoms with E-state index in [9.17, 15) is 4.39 Å². The number of benzene rings is 2. The van der Waals surface area contributed by atoms with Crippen molar-refractivity contribution in [2.24, 2.45) is 0 Å². The molecule has 2 rings (SSSR count). The largest absolute Gasteiger partial charge is 0.377 e. The average molecular weight is 264 g/mol. The van der Waals surface area contributed by atoms with Gasteiger partial charge in [-0.1, -0.05) is 41.4 Å². The summed E-state index contributed by atoms with van der Waals surface area (Å²) in [7, 11) is 0. The van der Waals surface area contributed by atoms with Crippen LogP contribution in [0.3, 0.4) is 0 Å². The van der Waals surface area contributed by atoms with Crippen molar-refractivity contribution in [3.8, 4) is 0 Å². The first kappa shape index (κ1) is 12.9. The first-order valence-electron chi connectivity index (χ1n) is 5.84. The Morgan fingerprint density at radius 3 is 2.67 bits per heavy atom. The minimum absolute atomic E-state index is 0.0733. The number of halogens is 2. The van der Waals surface area contributed by atoms with E-state index in [-0.39, 0.29) is 11.9 Å². The van der Waals surface area contributed by atoms with Crippen LogP contribution in [-0.2, 0) is 0 Å². The maximum absolute atomic E-state index is 13.2. The summed E-state index contributed by atoms with van der Waals surface area (Å²) in [6.45, 7) is 4.07. The van der Waals surface area contributed by atoms with Crippen LogP contribution < -0.4 is 5.32 Å². The standard InChI is InChI=1S/C15H15ClFN/c1-10-4-3-5-12(8-10)11(2)18-15-9-13(17)6-7-14(15)16/h3-9,11,18H,1-2H3. The van der Waals surface area contributed by atoms with Gasteiger partial charge in [0.25, 0.3) is 0 Å². The molecule has 18 heavy (non-hydrogen) atoms. The molecule has 0 aliphatic rings. The number of nitrogens with one attached hydrogen (secondary N) is 1. The number of hydrogen-bond acceptors (Lipinski definition) is 1. The lowest BCUT2D eigenvalue weighted by molar-refractivity contribution is 0.628. The Morgan fingerprint density at radius 2 is 1.94 bits per heavy atom. The summed E-state index contributed by atoms with van der Waals surface area (Å²) < 4.78 is 13.2. The zero-order valence-corrected chi connectivity index (χ0v) is 11.1. The fraction of sp³-hybridized carbons (Fsp3) is 0.200. The molecule has 0 saturated heterocycles. The van der Waals surface area contributed by atoms with Gasteiger partial charge in [0.2, 0.25) is 0 Å². The maximum Gasteiger partial charge on any atom is 0.125 e. The second-order valence-electron chi connectivity index (χ2n) is 4.40. The third-order valence-electron chi connectivity index (χ3n) is 2.84. The molecule has 1 atom stereocenters. The first-order chi connectivity index (χ1) is 8.56. The predicted octanol–water partition coefficient (Wildman–Crippen LogP) is 4.96. The Labute approximate surface area is 112 Å². The van der Waals surface area contributed by atoms with Crippen molar-refractivity contribution in [1.29, 1.82) is 0 Å². The first-order valence-corrected chi connectivity index (χ1v) is 6.22. The van der Waals surface area contributed by atoms with E-state index in [2.05, 4.69) is 11.4 Å². The van der Waals surface area contributed by atoms with Crippen LogP contribution in [0.1, 0.15) is 24.1 Å². The van der Waals surface area contributed by atoms with E-state index in [0.717, 1.165) is 5.56 Å². The number of aryl methyl sites for hydroxylation is 1. The fourth-order valence-corrected chi connectivity index (χ4v) is 2.04. The summed E-state index contributed by atoms with van der Waals surface area (Å²) >= 11 is 6.03. The van der Waals surface area contributed by atoms with E-state index in [1.807, 2.05) is 32.0 Å². The minimum atomic E-state index is -0.293. The molecular weight excluding hydrogens is 249 g/mol. The molecule has 0 saturated carbocycles. The van der Waals surface area contributed by atoms with Gasteiger partial charge in [-0.2, -0.15) is 0 Å². The molecule has 0 amide bonds.